The second-order valence-electron chi connectivity index (χ2n) is 3.45. The van der Waals surface area contributed by atoms with Crippen LogP contribution in [-0.2, 0) is 6.42 Å². The van der Waals surface area contributed by atoms with Gasteiger partial charge in [-0.25, -0.2) is 0 Å². The molecule has 2 nitrogen and oxygen atoms in total. The summed E-state index contributed by atoms with van der Waals surface area (Å²) in [6.45, 7) is 3.04. The highest BCUT2D eigenvalue weighted by Gasteiger charge is 2.15. The number of hydrogen-bond donors (Lipinski definition) is 2. The standard InChI is InChI=1S/C10H14N2/c1-7-3-2-4-10-9(7)5-8(11)6-12-10/h2-4,8,12H,5-6,11H2,1H3/t8-/m0/s1. The van der Waals surface area contributed by atoms with Crippen LogP contribution in [-0.4, -0.2) is 12.6 Å². The van der Waals surface area contributed by atoms with Crippen LogP contribution >= 0.6 is 0 Å². The van der Waals surface area contributed by atoms with Crippen LogP contribution in [0.5, 0.6) is 0 Å². The molecule has 1 aromatic carbocycles. The Balaban J connectivity index is 2.43. The van der Waals surface area contributed by atoms with Gasteiger partial charge >= 0.3 is 0 Å². The number of rotatable bonds is 0. The highest BCUT2D eigenvalue weighted by Crippen LogP contribution is 2.23. The van der Waals surface area contributed by atoms with Crippen LogP contribution in [0.4, 0.5) is 5.69 Å². The van der Waals surface area contributed by atoms with Crippen molar-refractivity contribution in [2.24, 2.45) is 5.73 Å². The molecule has 0 fully saturated rings. The van der Waals surface area contributed by atoms with Gasteiger partial charge in [0.2, 0.25) is 0 Å². The number of aryl methyl sites for hydroxylation is 1. The van der Waals surface area contributed by atoms with E-state index in [0.717, 1.165) is 13.0 Å². The summed E-state index contributed by atoms with van der Waals surface area (Å²) in [5.41, 5.74) is 9.84. The number of hydrogen-bond acceptors (Lipinski definition) is 2. The fraction of sp³-hybridized carbons (Fsp3) is 0.400. The lowest BCUT2D eigenvalue weighted by molar-refractivity contribution is 0.676. The van der Waals surface area contributed by atoms with Gasteiger partial charge in [-0.15, -0.1) is 0 Å². The lowest BCUT2D eigenvalue weighted by Crippen LogP contribution is -2.35. The van der Waals surface area contributed by atoms with Crippen LogP contribution < -0.4 is 11.1 Å². The highest BCUT2D eigenvalue weighted by atomic mass is 14.9. The molecule has 1 aromatic rings. The fourth-order valence-electron chi connectivity index (χ4n) is 1.71. The number of benzene rings is 1. The zero-order valence-electron chi connectivity index (χ0n) is 7.30. The maximum Gasteiger partial charge on any atom is 0.0376 e. The Morgan fingerprint density at radius 2 is 2.33 bits per heavy atom. The first-order valence-corrected chi connectivity index (χ1v) is 4.35. The topological polar surface area (TPSA) is 38.0 Å². The van der Waals surface area contributed by atoms with E-state index in [1.54, 1.807) is 0 Å². The largest absolute Gasteiger partial charge is 0.383 e. The van der Waals surface area contributed by atoms with Crippen molar-refractivity contribution < 1.29 is 0 Å². The van der Waals surface area contributed by atoms with Crippen molar-refractivity contribution in [3.8, 4) is 0 Å². The van der Waals surface area contributed by atoms with Gasteiger partial charge in [-0.1, -0.05) is 12.1 Å². The van der Waals surface area contributed by atoms with Crippen molar-refractivity contribution in [3.05, 3.63) is 29.3 Å². The monoisotopic (exact) mass is 162 g/mol. The lowest BCUT2D eigenvalue weighted by atomic mass is 9.96. The molecule has 1 atom stereocenters. The van der Waals surface area contributed by atoms with Crippen LogP contribution in [0.15, 0.2) is 18.2 Å². The molecule has 12 heavy (non-hydrogen) atoms. The molecule has 1 aliphatic rings. The normalized spacial score (nSPS) is 21.3. The van der Waals surface area contributed by atoms with E-state index in [4.69, 9.17) is 5.73 Å². The van der Waals surface area contributed by atoms with Crippen molar-refractivity contribution in [1.29, 1.82) is 0 Å². The molecule has 1 aliphatic heterocycles. The van der Waals surface area contributed by atoms with Crippen molar-refractivity contribution in [1.82, 2.24) is 0 Å². The smallest absolute Gasteiger partial charge is 0.0376 e. The first-order valence-electron chi connectivity index (χ1n) is 4.35. The highest BCUT2D eigenvalue weighted by molar-refractivity contribution is 5.56. The Hall–Kier alpha value is -1.02. The Morgan fingerprint density at radius 1 is 1.50 bits per heavy atom. The van der Waals surface area contributed by atoms with Gasteiger partial charge in [-0.05, 0) is 30.5 Å². The summed E-state index contributed by atoms with van der Waals surface area (Å²) < 4.78 is 0. The molecule has 0 saturated carbocycles. The molecule has 0 radical (unpaired) electrons. The van der Waals surface area contributed by atoms with Crippen molar-refractivity contribution in [3.63, 3.8) is 0 Å². The minimum absolute atomic E-state index is 0.276. The van der Waals surface area contributed by atoms with Gasteiger partial charge in [0.15, 0.2) is 0 Å². The lowest BCUT2D eigenvalue weighted by Gasteiger charge is -2.24. The SMILES string of the molecule is Cc1cccc2c1C[C@H](N)CN2. The maximum atomic E-state index is 5.86. The summed E-state index contributed by atoms with van der Waals surface area (Å²) in [7, 11) is 0. The molecular weight excluding hydrogens is 148 g/mol. The van der Waals surface area contributed by atoms with Gasteiger partial charge in [-0.2, -0.15) is 0 Å². The third-order valence-corrected chi connectivity index (χ3v) is 2.43. The number of fused-ring (bicyclic) bond motifs is 1. The number of nitrogens with one attached hydrogen (secondary N) is 1. The molecule has 0 aromatic heterocycles. The van der Waals surface area contributed by atoms with Crippen LogP contribution in [0.1, 0.15) is 11.1 Å². The van der Waals surface area contributed by atoms with E-state index >= 15 is 0 Å². The first-order chi connectivity index (χ1) is 5.77. The van der Waals surface area contributed by atoms with Crippen molar-refractivity contribution >= 4 is 5.69 Å². The fourth-order valence-corrected chi connectivity index (χ4v) is 1.71. The van der Waals surface area contributed by atoms with Crippen LogP contribution in [0, 0.1) is 6.92 Å². The van der Waals surface area contributed by atoms with E-state index < -0.39 is 0 Å². The molecule has 0 unspecified atom stereocenters. The summed E-state index contributed by atoms with van der Waals surface area (Å²) >= 11 is 0. The number of nitrogens with two attached hydrogens (primary N) is 1. The zero-order chi connectivity index (χ0) is 8.55. The van der Waals surface area contributed by atoms with Gasteiger partial charge in [0.1, 0.15) is 0 Å². The molecule has 2 rings (SSSR count). The Morgan fingerprint density at radius 3 is 3.17 bits per heavy atom. The molecule has 0 spiro atoms. The molecule has 2 heteroatoms. The second-order valence-corrected chi connectivity index (χ2v) is 3.45. The summed E-state index contributed by atoms with van der Waals surface area (Å²) in [6, 6.07) is 6.61. The Bertz CT molecular complexity index is 294. The van der Waals surface area contributed by atoms with Crippen LogP contribution in [0.2, 0.25) is 0 Å². The average molecular weight is 162 g/mol. The molecule has 64 valence electrons. The molecule has 0 saturated heterocycles. The first kappa shape index (κ1) is 7.62. The van der Waals surface area contributed by atoms with Crippen molar-refractivity contribution in [2.45, 2.75) is 19.4 Å². The molecular formula is C10H14N2. The van der Waals surface area contributed by atoms with Gasteiger partial charge in [-0.3, -0.25) is 0 Å². The Kier molecular flexibility index (Phi) is 1.77. The quantitative estimate of drug-likeness (QED) is 0.603. The van der Waals surface area contributed by atoms with E-state index in [9.17, 15) is 0 Å². The minimum atomic E-state index is 0.276. The predicted molar refractivity (Wildman–Crippen MR) is 51.3 cm³/mol. The predicted octanol–water partition coefficient (Wildman–Crippen LogP) is 1.29. The zero-order valence-corrected chi connectivity index (χ0v) is 7.30. The average Bonchev–Trinajstić information content (AvgIpc) is 2.07. The molecule has 3 N–H and O–H groups in total. The van der Waals surface area contributed by atoms with Crippen LogP contribution in [0.3, 0.4) is 0 Å². The Labute approximate surface area is 72.8 Å². The second kappa shape index (κ2) is 2.79. The van der Waals surface area contributed by atoms with E-state index in [0.29, 0.717) is 0 Å². The van der Waals surface area contributed by atoms with Gasteiger partial charge in [0.05, 0.1) is 0 Å². The van der Waals surface area contributed by atoms with E-state index in [1.165, 1.54) is 16.8 Å². The van der Waals surface area contributed by atoms with Gasteiger partial charge in [0.25, 0.3) is 0 Å². The number of anilines is 1. The maximum absolute atomic E-state index is 5.86. The van der Waals surface area contributed by atoms with Crippen LogP contribution in [0.25, 0.3) is 0 Å². The van der Waals surface area contributed by atoms with E-state index in [2.05, 4.69) is 30.4 Å². The van der Waals surface area contributed by atoms with Gasteiger partial charge in [0, 0.05) is 18.3 Å². The third kappa shape index (κ3) is 1.18. The van der Waals surface area contributed by atoms with Gasteiger partial charge < -0.3 is 11.1 Å². The third-order valence-electron chi connectivity index (χ3n) is 2.43. The van der Waals surface area contributed by atoms with E-state index in [-0.39, 0.29) is 6.04 Å². The molecule has 1 heterocycles. The molecule has 0 bridgehead atoms. The molecule has 0 amide bonds. The molecule has 0 aliphatic carbocycles. The van der Waals surface area contributed by atoms with E-state index in [1.807, 2.05) is 0 Å². The summed E-state index contributed by atoms with van der Waals surface area (Å²) in [5.74, 6) is 0. The summed E-state index contributed by atoms with van der Waals surface area (Å²) in [5, 5.41) is 3.33. The summed E-state index contributed by atoms with van der Waals surface area (Å²) in [4.78, 5) is 0. The minimum Gasteiger partial charge on any atom is -0.383 e. The summed E-state index contributed by atoms with van der Waals surface area (Å²) in [6.07, 6.45) is 1.01. The van der Waals surface area contributed by atoms with Crippen molar-refractivity contribution in [2.75, 3.05) is 11.9 Å².